The van der Waals surface area contributed by atoms with E-state index in [1.54, 1.807) is 12.1 Å². The Hall–Kier alpha value is -2.74. The minimum absolute atomic E-state index is 0.304. The zero-order valence-corrected chi connectivity index (χ0v) is 14.3. The molecule has 7 nitrogen and oxygen atoms in total. The van der Waals surface area contributed by atoms with Gasteiger partial charge in [-0.15, -0.1) is 9.94 Å². The number of nitrogens with zero attached hydrogens (tertiary/aromatic N) is 5. The molecule has 8 heteroatoms. The first-order chi connectivity index (χ1) is 12.7. The van der Waals surface area contributed by atoms with Gasteiger partial charge in [-0.3, -0.25) is 4.99 Å². The topological polar surface area (TPSA) is 79.7 Å². The van der Waals surface area contributed by atoms with Gasteiger partial charge in [0.1, 0.15) is 5.82 Å². The van der Waals surface area contributed by atoms with Crippen LogP contribution in [0, 0.1) is 5.82 Å². The van der Waals surface area contributed by atoms with Crippen molar-refractivity contribution in [3.05, 3.63) is 53.5 Å². The molecule has 1 saturated heterocycles. The van der Waals surface area contributed by atoms with E-state index in [0.29, 0.717) is 18.0 Å². The van der Waals surface area contributed by atoms with Gasteiger partial charge >= 0.3 is 0 Å². The van der Waals surface area contributed by atoms with E-state index in [-0.39, 0.29) is 5.82 Å². The second-order valence-corrected chi connectivity index (χ2v) is 6.51. The number of hydrogen-bond donors (Lipinski definition) is 1. The van der Waals surface area contributed by atoms with Crippen molar-refractivity contribution < 1.29 is 14.1 Å². The largest absolute Gasteiger partial charge is 0.412 e. The summed E-state index contributed by atoms with van der Waals surface area (Å²) in [6.45, 7) is 3.51. The summed E-state index contributed by atoms with van der Waals surface area (Å²) in [6, 6.07) is 6.32. The molecule has 136 valence electrons. The third-order valence-electron chi connectivity index (χ3n) is 4.83. The molecule has 2 aromatic heterocycles. The summed E-state index contributed by atoms with van der Waals surface area (Å²) < 4.78 is 18.6. The van der Waals surface area contributed by atoms with E-state index in [1.807, 2.05) is 0 Å². The Bertz CT molecular complexity index is 939. The number of fused-ring (bicyclic) bond motifs is 1. The molecular formula is C18H20FN5O2. The van der Waals surface area contributed by atoms with Crippen LogP contribution in [0.5, 0.6) is 0 Å². The highest BCUT2D eigenvalue weighted by Gasteiger charge is 2.24. The number of benzene rings is 1. The first kappa shape index (κ1) is 16.7. The lowest BCUT2D eigenvalue weighted by Crippen LogP contribution is -2.35. The van der Waals surface area contributed by atoms with E-state index < -0.39 is 0 Å². The number of hydrogen-bond acceptors (Lipinski definition) is 6. The van der Waals surface area contributed by atoms with Gasteiger partial charge in [0.15, 0.2) is 5.58 Å². The van der Waals surface area contributed by atoms with Crippen molar-refractivity contribution >= 4 is 11.0 Å². The van der Waals surface area contributed by atoms with Gasteiger partial charge in [-0.25, -0.2) is 4.39 Å². The van der Waals surface area contributed by atoms with E-state index in [4.69, 9.17) is 9.73 Å². The molecule has 3 aromatic rings. The molecule has 26 heavy (non-hydrogen) atoms. The number of likely N-dealkylation sites (tertiary alicyclic amines) is 1. The molecule has 1 fully saturated rings. The molecule has 0 atom stereocenters. The number of halogens is 1. The van der Waals surface area contributed by atoms with E-state index in [0.717, 1.165) is 53.8 Å². The van der Waals surface area contributed by atoms with Crippen molar-refractivity contribution in [3.8, 4) is 0 Å². The molecule has 1 aliphatic rings. The van der Waals surface area contributed by atoms with Crippen LogP contribution in [0.4, 0.5) is 4.39 Å². The summed E-state index contributed by atoms with van der Waals surface area (Å²) >= 11 is 0. The van der Waals surface area contributed by atoms with Gasteiger partial charge in [0.05, 0.1) is 30.0 Å². The van der Waals surface area contributed by atoms with Gasteiger partial charge in [-0.2, -0.15) is 0 Å². The molecule has 0 unspecified atom stereocenters. The summed E-state index contributed by atoms with van der Waals surface area (Å²) in [7, 11) is 0. The molecule has 0 aliphatic carbocycles. The highest BCUT2D eigenvalue weighted by molar-refractivity contribution is 5.79. The molecule has 1 aliphatic heterocycles. The molecule has 1 aromatic carbocycles. The maximum atomic E-state index is 13.3. The third kappa shape index (κ3) is 3.60. The standard InChI is InChI=1S/C18H20FN5O2/c19-14-1-2-16-17(11-14)26-22-18(16)13-3-7-23(8-4-13)10-6-20-15-5-9-24(25)21-12-15/h1-2,5,9,11-13,25H,3-4,6-8,10H2. The van der Waals surface area contributed by atoms with Crippen molar-refractivity contribution in [1.29, 1.82) is 0 Å². The predicted molar refractivity (Wildman–Crippen MR) is 92.2 cm³/mol. The Morgan fingerprint density at radius 2 is 2.12 bits per heavy atom. The molecule has 1 N–H and O–H groups in total. The highest BCUT2D eigenvalue weighted by atomic mass is 19.1. The molecule has 0 saturated carbocycles. The summed E-state index contributed by atoms with van der Waals surface area (Å²) in [5.74, 6) is 0.0365. The van der Waals surface area contributed by atoms with Crippen LogP contribution in [0.15, 0.2) is 46.2 Å². The van der Waals surface area contributed by atoms with Crippen molar-refractivity contribution in [2.75, 3.05) is 26.2 Å². The van der Waals surface area contributed by atoms with Gasteiger partial charge in [-0.1, -0.05) is 5.16 Å². The average molecular weight is 357 g/mol. The van der Waals surface area contributed by atoms with E-state index >= 15 is 0 Å². The zero-order chi connectivity index (χ0) is 17.9. The number of aromatic nitrogens is 3. The van der Waals surface area contributed by atoms with Crippen LogP contribution in [0.1, 0.15) is 24.5 Å². The van der Waals surface area contributed by atoms with E-state index in [1.165, 1.54) is 24.5 Å². The average Bonchev–Trinajstić information content (AvgIpc) is 3.07. The first-order valence-electron chi connectivity index (χ1n) is 8.71. The maximum absolute atomic E-state index is 13.3. The van der Waals surface area contributed by atoms with Crippen molar-refractivity contribution in [2.45, 2.75) is 18.8 Å². The first-order valence-corrected chi connectivity index (χ1v) is 8.71. The smallest absolute Gasteiger partial charge is 0.170 e. The van der Waals surface area contributed by atoms with Crippen molar-refractivity contribution in [2.24, 2.45) is 4.99 Å². The second kappa shape index (κ2) is 7.25. The Kier molecular flexibility index (Phi) is 4.66. The molecule has 0 radical (unpaired) electrons. The van der Waals surface area contributed by atoms with Crippen LogP contribution >= 0.6 is 0 Å². The SMILES string of the molecule is On1ccc(=NCCN2CCC(c3noc4cc(F)ccc34)CC2)cn1. The number of rotatable bonds is 4. The van der Waals surface area contributed by atoms with Crippen LogP contribution in [0.3, 0.4) is 0 Å². The summed E-state index contributed by atoms with van der Waals surface area (Å²) in [4.78, 5) is 7.60. The van der Waals surface area contributed by atoms with Gasteiger partial charge in [0, 0.05) is 23.9 Å². The van der Waals surface area contributed by atoms with Crippen molar-refractivity contribution in [3.63, 3.8) is 0 Å². The predicted octanol–water partition coefficient (Wildman–Crippen LogP) is 2.18. The van der Waals surface area contributed by atoms with Crippen LogP contribution in [-0.2, 0) is 0 Å². The van der Waals surface area contributed by atoms with E-state index in [2.05, 4.69) is 20.1 Å². The minimum Gasteiger partial charge on any atom is -0.412 e. The van der Waals surface area contributed by atoms with Crippen molar-refractivity contribution in [1.82, 2.24) is 20.0 Å². The number of piperidine rings is 1. The fourth-order valence-electron chi connectivity index (χ4n) is 3.41. The van der Waals surface area contributed by atoms with Gasteiger partial charge in [0.2, 0.25) is 0 Å². The van der Waals surface area contributed by atoms with Crippen LogP contribution in [-0.4, -0.2) is 51.4 Å². The fourth-order valence-corrected chi connectivity index (χ4v) is 3.41. The molecule has 4 rings (SSSR count). The Balaban J connectivity index is 1.33. The van der Waals surface area contributed by atoms with Crippen LogP contribution < -0.4 is 5.36 Å². The summed E-state index contributed by atoms with van der Waals surface area (Å²) in [5, 5.41) is 18.7. The van der Waals surface area contributed by atoms with Gasteiger partial charge < -0.3 is 14.6 Å². The summed E-state index contributed by atoms with van der Waals surface area (Å²) in [6.07, 6.45) is 4.98. The lowest BCUT2D eigenvalue weighted by Gasteiger charge is -2.30. The maximum Gasteiger partial charge on any atom is 0.170 e. The van der Waals surface area contributed by atoms with Crippen LogP contribution in [0.25, 0.3) is 11.0 Å². The van der Waals surface area contributed by atoms with Gasteiger partial charge in [-0.05, 0) is 44.1 Å². The Labute approximate surface area is 149 Å². The second-order valence-electron chi connectivity index (χ2n) is 6.51. The zero-order valence-electron chi connectivity index (χ0n) is 14.3. The molecule has 0 bridgehead atoms. The normalized spacial score (nSPS) is 17.2. The lowest BCUT2D eigenvalue weighted by molar-refractivity contribution is 0.143. The molecule has 3 heterocycles. The van der Waals surface area contributed by atoms with Gasteiger partial charge in [0.25, 0.3) is 0 Å². The quantitative estimate of drug-likeness (QED) is 0.724. The molecular weight excluding hydrogens is 337 g/mol. The minimum atomic E-state index is -0.304. The fraction of sp³-hybridized carbons (Fsp3) is 0.389. The van der Waals surface area contributed by atoms with E-state index in [9.17, 15) is 4.39 Å². The Morgan fingerprint density at radius 1 is 1.27 bits per heavy atom. The lowest BCUT2D eigenvalue weighted by atomic mass is 9.91. The monoisotopic (exact) mass is 357 g/mol. The van der Waals surface area contributed by atoms with Crippen LogP contribution in [0.2, 0.25) is 0 Å². The third-order valence-corrected chi connectivity index (χ3v) is 4.83. The molecule has 0 amide bonds. The summed E-state index contributed by atoms with van der Waals surface area (Å²) in [5.41, 5.74) is 1.46. The molecule has 0 spiro atoms. The highest BCUT2D eigenvalue weighted by Crippen LogP contribution is 2.32. The Morgan fingerprint density at radius 3 is 2.88 bits per heavy atom.